The van der Waals surface area contributed by atoms with Crippen LogP contribution in [-0.2, 0) is 4.79 Å². The highest BCUT2D eigenvalue weighted by molar-refractivity contribution is 14.1. The van der Waals surface area contributed by atoms with Crippen molar-refractivity contribution in [1.29, 1.82) is 0 Å². The summed E-state index contributed by atoms with van der Waals surface area (Å²) in [6, 6.07) is 6.95. The topological polar surface area (TPSA) is 165 Å². The molecule has 1 aromatic carbocycles. The van der Waals surface area contributed by atoms with Crippen molar-refractivity contribution in [3.05, 3.63) is 77.8 Å². The Bertz CT molecular complexity index is 1030. The minimum Gasteiger partial charge on any atom is -0.404 e. The number of allylic oxidation sites excluding steroid dienone is 3. The summed E-state index contributed by atoms with van der Waals surface area (Å²) in [5.74, 6) is 0.106. The number of carbonyl (C=O) groups excluding carboxylic acids is 2. The minimum absolute atomic E-state index is 0.0343. The van der Waals surface area contributed by atoms with Crippen molar-refractivity contribution < 1.29 is 9.59 Å². The van der Waals surface area contributed by atoms with Crippen molar-refractivity contribution in [3.63, 3.8) is 0 Å². The van der Waals surface area contributed by atoms with Crippen LogP contribution in [0.1, 0.15) is 22.5 Å². The minimum atomic E-state index is -0.434. The normalized spacial score (nSPS) is 12.2. The van der Waals surface area contributed by atoms with Gasteiger partial charge in [0.1, 0.15) is 5.82 Å². The molecule has 1 aromatic heterocycles. The maximum Gasteiger partial charge on any atom is 0.255 e. The van der Waals surface area contributed by atoms with Crippen molar-refractivity contribution >= 4 is 52.1 Å². The van der Waals surface area contributed by atoms with Crippen LogP contribution in [0.25, 0.3) is 5.57 Å². The zero-order chi connectivity index (χ0) is 23.5. The lowest BCUT2D eigenvalue weighted by Crippen LogP contribution is -2.24. The zero-order valence-electron chi connectivity index (χ0n) is 17.5. The molecule has 8 N–H and O–H groups in total. The molecule has 11 heteroatoms. The standard InChI is InChI=1S/C21H25IN8O2/c1-26-20-12-27-11-19(29-20)15(9-23)8-17(13-31)28-21(32)14-2-4-18(5-3-14)30(22)7-6-16(25)10-24/h2-5,8-13H,6-7,23-25H2,1H3,(H,26,29)(H,28,32)/b15-9+,16-10-,17-8+. The van der Waals surface area contributed by atoms with Crippen LogP contribution in [0.4, 0.5) is 11.5 Å². The summed E-state index contributed by atoms with van der Waals surface area (Å²) in [7, 11) is 1.71. The summed E-state index contributed by atoms with van der Waals surface area (Å²) in [6.07, 6.45) is 8.31. The van der Waals surface area contributed by atoms with E-state index >= 15 is 0 Å². The number of aromatic nitrogens is 2. The van der Waals surface area contributed by atoms with E-state index in [1.807, 2.05) is 3.11 Å². The average Bonchev–Trinajstić information content (AvgIpc) is 2.84. The van der Waals surface area contributed by atoms with Gasteiger partial charge in [0.25, 0.3) is 5.91 Å². The van der Waals surface area contributed by atoms with E-state index in [0.717, 1.165) is 5.69 Å². The fraction of sp³-hybridized carbons (Fsp3) is 0.143. The zero-order valence-corrected chi connectivity index (χ0v) is 19.6. The molecule has 1 amide bonds. The molecule has 32 heavy (non-hydrogen) atoms. The SMILES string of the molecule is CNc1cncc(C(/C=C(\C=O)NC(=O)c2ccc(N(I)CC/C(N)=C/N)cc2)=C/N)n1. The van der Waals surface area contributed by atoms with Crippen LogP contribution in [0, 0.1) is 0 Å². The molecular formula is C21H25IN8O2. The molecular weight excluding hydrogens is 523 g/mol. The molecule has 10 nitrogen and oxygen atoms in total. The Balaban J connectivity index is 2.11. The van der Waals surface area contributed by atoms with Gasteiger partial charge in [-0.05, 0) is 30.3 Å². The molecule has 0 aliphatic carbocycles. The first-order valence-electron chi connectivity index (χ1n) is 9.51. The first-order valence-corrected chi connectivity index (χ1v) is 10.5. The Morgan fingerprint density at radius 3 is 2.50 bits per heavy atom. The maximum absolute atomic E-state index is 12.6. The molecule has 0 aliphatic rings. The van der Waals surface area contributed by atoms with Crippen LogP contribution in [0.2, 0.25) is 0 Å². The third-order valence-corrected chi connectivity index (χ3v) is 5.32. The van der Waals surface area contributed by atoms with Gasteiger partial charge in [-0.2, -0.15) is 0 Å². The van der Waals surface area contributed by atoms with E-state index in [2.05, 4.69) is 43.5 Å². The number of anilines is 2. The Morgan fingerprint density at radius 2 is 1.91 bits per heavy atom. The van der Waals surface area contributed by atoms with E-state index in [1.54, 1.807) is 37.5 Å². The van der Waals surface area contributed by atoms with Gasteiger partial charge < -0.3 is 30.9 Å². The number of nitrogens with zero attached hydrogens (tertiary/aromatic N) is 3. The first-order chi connectivity index (χ1) is 15.4. The van der Waals surface area contributed by atoms with Crippen molar-refractivity contribution in [2.24, 2.45) is 17.2 Å². The monoisotopic (exact) mass is 548 g/mol. The second-order valence-corrected chi connectivity index (χ2v) is 7.62. The molecule has 0 atom stereocenters. The van der Waals surface area contributed by atoms with Gasteiger partial charge in [0.05, 0.1) is 46.6 Å². The predicted octanol–water partition coefficient (Wildman–Crippen LogP) is 1.64. The van der Waals surface area contributed by atoms with E-state index < -0.39 is 5.91 Å². The van der Waals surface area contributed by atoms with Crippen molar-refractivity contribution in [2.75, 3.05) is 22.0 Å². The van der Waals surface area contributed by atoms with Gasteiger partial charge >= 0.3 is 0 Å². The van der Waals surface area contributed by atoms with E-state index in [9.17, 15) is 9.59 Å². The molecule has 0 unspecified atom stereocenters. The third kappa shape index (κ3) is 6.97. The van der Waals surface area contributed by atoms with E-state index in [-0.39, 0.29) is 5.70 Å². The number of amides is 1. The van der Waals surface area contributed by atoms with Crippen LogP contribution < -0.4 is 30.9 Å². The average molecular weight is 548 g/mol. The fourth-order valence-corrected chi connectivity index (χ4v) is 3.08. The number of hydrogen-bond acceptors (Lipinski definition) is 9. The van der Waals surface area contributed by atoms with Gasteiger partial charge in [-0.25, -0.2) is 4.98 Å². The van der Waals surface area contributed by atoms with Gasteiger partial charge in [-0.1, -0.05) is 0 Å². The number of benzene rings is 1. The Hall–Kier alpha value is -3.61. The van der Waals surface area contributed by atoms with Gasteiger partial charge in [-0.15, -0.1) is 0 Å². The van der Waals surface area contributed by atoms with Gasteiger partial charge in [0.2, 0.25) is 0 Å². The van der Waals surface area contributed by atoms with Gasteiger partial charge in [0, 0.05) is 54.9 Å². The second-order valence-electron chi connectivity index (χ2n) is 6.46. The number of aldehydes is 1. The molecule has 168 valence electrons. The molecule has 0 spiro atoms. The molecule has 1 heterocycles. The Morgan fingerprint density at radius 1 is 1.19 bits per heavy atom. The number of rotatable bonds is 10. The quantitative estimate of drug-likeness (QED) is 0.0976. The van der Waals surface area contributed by atoms with E-state index in [1.165, 1.54) is 24.7 Å². The maximum atomic E-state index is 12.6. The summed E-state index contributed by atoms with van der Waals surface area (Å²) in [5, 5.41) is 5.46. The summed E-state index contributed by atoms with van der Waals surface area (Å²) >= 11 is 2.16. The molecule has 0 saturated heterocycles. The van der Waals surface area contributed by atoms with Crippen LogP contribution in [0.5, 0.6) is 0 Å². The largest absolute Gasteiger partial charge is 0.404 e. The molecule has 0 radical (unpaired) electrons. The summed E-state index contributed by atoms with van der Waals surface area (Å²) in [5.41, 5.74) is 19.6. The van der Waals surface area contributed by atoms with Gasteiger partial charge in [-0.3, -0.25) is 14.6 Å². The lowest BCUT2D eigenvalue weighted by atomic mass is 10.1. The van der Waals surface area contributed by atoms with Crippen LogP contribution in [0.3, 0.4) is 0 Å². The van der Waals surface area contributed by atoms with Crippen LogP contribution in [-0.4, -0.2) is 35.8 Å². The molecule has 0 bridgehead atoms. The highest BCUT2D eigenvalue weighted by Gasteiger charge is 2.11. The first kappa shape index (κ1) is 24.7. The lowest BCUT2D eigenvalue weighted by molar-refractivity contribution is -0.105. The smallest absolute Gasteiger partial charge is 0.255 e. The van der Waals surface area contributed by atoms with E-state index in [4.69, 9.17) is 17.2 Å². The van der Waals surface area contributed by atoms with E-state index in [0.29, 0.717) is 47.6 Å². The number of carbonyl (C=O) groups is 2. The molecule has 2 rings (SSSR count). The number of halogens is 1. The molecule has 0 aliphatic heterocycles. The lowest BCUT2D eigenvalue weighted by Gasteiger charge is -2.17. The summed E-state index contributed by atoms with van der Waals surface area (Å²) < 4.78 is 1.96. The van der Waals surface area contributed by atoms with Crippen LogP contribution >= 0.6 is 22.9 Å². The summed E-state index contributed by atoms with van der Waals surface area (Å²) in [6.45, 7) is 0.662. The number of nitrogens with two attached hydrogens (primary N) is 3. The van der Waals surface area contributed by atoms with Crippen molar-refractivity contribution in [1.82, 2.24) is 15.3 Å². The van der Waals surface area contributed by atoms with Crippen molar-refractivity contribution in [2.45, 2.75) is 6.42 Å². The third-order valence-electron chi connectivity index (χ3n) is 4.28. The second kappa shape index (κ2) is 12.3. The Kier molecular flexibility index (Phi) is 9.47. The highest BCUT2D eigenvalue weighted by atomic mass is 127. The van der Waals surface area contributed by atoms with Crippen LogP contribution in [0.15, 0.2) is 66.5 Å². The fourth-order valence-electron chi connectivity index (χ4n) is 2.52. The number of hydrogen-bond donors (Lipinski definition) is 5. The molecule has 0 fully saturated rings. The number of nitrogens with one attached hydrogen (secondary N) is 2. The van der Waals surface area contributed by atoms with Crippen molar-refractivity contribution in [3.8, 4) is 0 Å². The predicted molar refractivity (Wildman–Crippen MR) is 134 cm³/mol. The van der Waals surface area contributed by atoms with Gasteiger partial charge in [0.15, 0.2) is 6.29 Å². The Labute approximate surface area is 200 Å². The molecule has 2 aromatic rings. The highest BCUT2D eigenvalue weighted by Crippen LogP contribution is 2.20. The summed E-state index contributed by atoms with van der Waals surface area (Å²) in [4.78, 5) is 32.5. The molecule has 0 saturated carbocycles.